The van der Waals surface area contributed by atoms with Gasteiger partial charge in [0.15, 0.2) is 0 Å². The van der Waals surface area contributed by atoms with Gasteiger partial charge in [0.1, 0.15) is 11.6 Å². The molecule has 1 saturated heterocycles. The van der Waals surface area contributed by atoms with E-state index in [1.165, 1.54) is 12.1 Å². The van der Waals surface area contributed by atoms with Gasteiger partial charge >= 0.3 is 0 Å². The molecule has 0 unspecified atom stereocenters. The monoisotopic (exact) mass is 339 g/mol. The maximum Gasteiger partial charge on any atom is 0.137 e. The number of ether oxygens (including phenoxy) is 1. The van der Waals surface area contributed by atoms with Gasteiger partial charge in [-0.2, -0.15) is 0 Å². The van der Waals surface area contributed by atoms with E-state index < -0.39 is 11.9 Å². The molecule has 3 N–H and O–H groups in total. The molecular formula is C12H16BrClFNO2. The molecule has 1 aliphatic heterocycles. The molecule has 0 bridgehead atoms. The number of benzene rings is 1. The Labute approximate surface area is 120 Å². The molecule has 3 nitrogen and oxygen atoms in total. The summed E-state index contributed by atoms with van der Waals surface area (Å²) in [7, 11) is 0. The molecule has 0 radical (unpaired) electrons. The minimum absolute atomic E-state index is 0. The average Bonchev–Trinajstić information content (AvgIpc) is 2.35. The van der Waals surface area contributed by atoms with E-state index in [9.17, 15) is 9.50 Å². The summed E-state index contributed by atoms with van der Waals surface area (Å²) in [6, 6.07) is 2.31. The Morgan fingerprint density at radius 3 is 2.61 bits per heavy atom. The first-order valence-corrected chi connectivity index (χ1v) is 6.40. The Balaban J connectivity index is 0.00000162. The fourth-order valence-corrected chi connectivity index (χ4v) is 2.53. The van der Waals surface area contributed by atoms with Crippen LogP contribution in [0.25, 0.3) is 0 Å². The Morgan fingerprint density at radius 2 is 2.00 bits per heavy atom. The lowest BCUT2D eigenvalue weighted by Gasteiger charge is -2.28. The van der Waals surface area contributed by atoms with Crippen molar-refractivity contribution in [1.29, 1.82) is 0 Å². The highest BCUT2D eigenvalue weighted by atomic mass is 79.9. The SMILES string of the molecule is Cl.N[C@@H](c1c(F)ccc(Br)c1O)C1CCOCC1. The van der Waals surface area contributed by atoms with Crippen LogP contribution in [0.15, 0.2) is 16.6 Å². The van der Waals surface area contributed by atoms with Crippen molar-refractivity contribution in [2.24, 2.45) is 11.7 Å². The van der Waals surface area contributed by atoms with Gasteiger partial charge in [-0.05, 0) is 46.8 Å². The normalized spacial score (nSPS) is 18.2. The van der Waals surface area contributed by atoms with Gasteiger partial charge < -0.3 is 15.6 Å². The first-order valence-electron chi connectivity index (χ1n) is 5.61. The van der Waals surface area contributed by atoms with Crippen LogP contribution >= 0.6 is 28.3 Å². The van der Waals surface area contributed by atoms with Crippen molar-refractivity contribution in [3.8, 4) is 5.75 Å². The van der Waals surface area contributed by atoms with Gasteiger partial charge in [0.2, 0.25) is 0 Å². The lowest BCUT2D eigenvalue weighted by Crippen LogP contribution is -2.28. The molecule has 0 aromatic heterocycles. The Morgan fingerprint density at radius 1 is 1.39 bits per heavy atom. The predicted octanol–water partition coefficient (Wildman–Crippen LogP) is 3.14. The van der Waals surface area contributed by atoms with E-state index in [1.54, 1.807) is 0 Å². The first kappa shape index (κ1) is 15.7. The van der Waals surface area contributed by atoms with Crippen molar-refractivity contribution in [2.45, 2.75) is 18.9 Å². The third-order valence-corrected chi connectivity index (χ3v) is 3.86. The van der Waals surface area contributed by atoms with Crippen molar-refractivity contribution in [1.82, 2.24) is 0 Å². The van der Waals surface area contributed by atoms with Crippen LogP contribution in [-0.2, 0) is 4.74 Å². The molecule has 0 saturated carbocycles. The number of hydrogen-bond donors (Lipinski definition) is 2. The summed E-state index contributed by atoms with van der Waals surface area (Å²) in [4.78, 5) is 0. The number of rotatable bonds is 2. The predicted molar refractivity (Wildman–Crippen MR) is 73.5 cm³/mol. The lowest BCUT2D eigenvalue weighted by molar-refractivity contribution is 0.0577. The van der Waals surface area contributed by atoms with E-state index in [0.717, 1.165) is 12.8 Å². The lowest BCUT2D eigenvalue weighted by atomic mass is 9.87. The van der Waals surface area contributed by atoms with Gasteiger partial charge in [-0.25, -0.2) is 4.39 Å². The molecule has 1 fully saturated rings. The first-order chi connectivity index (χ1) is 8.11. The van der Waals surface area contributed by atoms with Gasteiger partial charge in [0, 0.05) is 24.8 Å². The molecule has 1 aromatic rings. The molecule has 1 aliphatic rings. The summed E-state index contributed by atoms with van der Waals surface area (Å²) in [6.07, 6.45) is 1.60. The number of nitrogens with two attached hydrogens (primary N) is 1. The highest BCUT2D eigenvalue weighted by Gasteiger charge is 2.27. The topological polar surface area (TPSA) is 55.5 Å². The van der Waals surface area contributed by atoms with Crippen LogP contribution < -0.4 is 5.73 Å². The third kappa shape index (κ3) is 3.15. The molecule has 6 heteroatoms. The minimum atomic E-state index is -0.489. The molecule has 18 heavy (non-hydrogen) atoms. The van der Waals surface area contributed by atoms with Crippen LogP contribution in [0.3, 0.4) is 0 Å². The highest BCUT2D eigenvalue weighted by Crippen LogP contribution is 2.38. The fraction of sp³-hybridized carbons (Fsp3) is 0.500. The highest BCUT2D eigenvalue weighted by molar-refractivity contribution is 9.10. The zero-order valence-electron chi connectivity index (χ0n) is 9.73. The van der Waals surface area contributed by atoms with E-state index in [2.05, 4.69) is 15.9 Å². The van der Waals surface area contributed by atoms with Crippen LogP contribution in [0.2, 0.25) is 0 Å². The number of phenols is 1. The van der Waals surface area contributed by atoms with Crippen molar-refractivity contribution in [3.05, 3.63) is 28.0 Å². The Hall–Kier alpha value is -0.360. The van der Waals surface area contributed by atoms with E-state index >= 15 is 0 Å². The summed E-state index contributed by atoms with van der Waals surface area (Å²) in [5.41, 5.74) is 6.26. The molecule has 0 spiro atoms. The fourth-order valence-electron chi connectivity index (χ4n) is 2.18. The molecule has 1 aromatic carbocycles. The summed E-state index contributed by atoms with van der Waals surface area (Å²) in [6.45, 7) is 1.30. The molecule has 1 heterocycles. The number of halogens is 3. The molecule has 1 atom stereocenters. The molecule has 0 amide bonds. The third-order valence-electron chi connectivity index (χ3n) is 3.22. The Kier molecular flexibility index (Phi) is 5.85. The van der Waals surface area contributed by atoms with Gasteiger partial charge in [-0.1, -0.05) is 0 Å². The molecule has 2 rings (SSSR count). The van der Waals surface area contributed by atoms with Gasteiger partial charge in [-0.3, -0.25) is 0 Å². The van der Waals surface area contributed by atoms with Gasteiger partial charge in [0.05, 0.1) is 4.47 Å². The second-order valence-electron chi connectivity index (χ2n) is 4.27. The summed E-state index contributed by atoms with van der Waals surface area (Å²) in [5.74, 6) is -0.396. The van der Waals surface area contributed by atoms with Crippen molar-refractivity contribution in [2.75, 3.05) is 13.2 Å². The largest absolute Gasteiger partial charge is 0.506 e. The van der Waals surface area contributed by atoms with Gasteiger partial charge in [0.25, 0.3) is 0 Å². The molecule has 0 aliphatic carbocycles. The van der Waals surface area contributed by atoms with Crippen LogP contribution in [0.4, 0.5) is 4.39 Å². The maximum atomic E-state index is 13.7. The minimum Gasteiger partial charge on any atom is -0.506 e. The van der Waals surface area contributed by atoms with Crippen molar-refractivity contribution in [3.63, 3.8) is 0 Å². The van der Waals surface area contributed by atoms with Crippen LogP contribution in [0, 0.1) is 11.7 Å². The van der Waals surface area contributed by atoms with E-state index in [-0.39, 0.29) is 29.6 Å². The number of aromatic hydroxyl groups is 1. The zero-order valence-corrected chi connectivity index (χ0v) is 12.1. The number of phenolic OH excluding ortho intramolecular Hbond substituents is 1. The van der Waals surface area contributed by atoms with Crippen molar-refractivity contribution >= 4 is 28.3 Å². The van der Waals surface area contributed by atoms with E-state index in [4.69, 9.17) is 10.5 Å². The summed E-state index contributed by atoms with van der Waals surface area (Å²) >= 11 is 3.18. The molecule has 102 valence electrons. The van der Waals surface area contributed by atoms with E-state index in [1.807, 2.05) is 0 Å². The maximum absolute atomic E-state index is 13.7. The second kappa shape index (κ2) is 6.70. The average molecular weight is 341 g/mol. The van der Waals surface area contributed by atoms with Gasteiger partial charge in [-0.15, -0.1) is 12.4 Å². The molecular weight excluding hydrogens is 324 g/mol. The van der Waals surface area contributed by atoms with Crippen LogP contribution in [0.1, 0.15) is 24.4 Å². The van der Waals surface area contributed by atoms with Crippen LogP contribution in [0.5, 0.6) is 5.75 Å². The summed E-state index contributed by atoms with van der Waals surface area (Å²) < 4.78 is 19.5. The van der Waals surface area contributed by atoms with E-state index in [0.29, 0.717) is 17.7 Å². The standard InChI is InChI=1S/C12H15BrFNO2.ClH/c13-8-1-2-9(14)10(12(8)16)11(15)7-3-5-17-6-4-7;/h1-2,7,11,16H,3-6,15H2;1H/t11-;/m1./s1. The van der Waals surface area contributed by atoms with Crippen molar-refractivity contribution < 1.29 is 14.2 Å². The summed E-state index contributed by atoms with van der Waals surface area (Å²) in [5, 5.41) is 9.88. The zero-order chi connectivity index (χ0) is 12.4. The number of hydrogen-bond acceptors (Lipinski definition) is 3. The second-order valence-corrected chi connectivity index (χ2v) is 5.12. The smallest absolute Gasteiger partial charge is 0.137 e. The van der Waals surface area contributed by atoms with Crippen LogP contribution in [-0.4, -0.2) is 18.3 Å². The quantitative estimate of drug-likeness (QED) is 0.869. The Bertz CT molecular complexity index is 413.